The van der Waals surface area contributed by atoms with E-state index in [0.29, 0.717) is 24.1 Å². The van der Waals surface area contributed by atoms with Gasteiger partial charge in [0.2, 0.25) is 17.0 Å². The Balaban J connectivity index is 1.10. The largest absolute Gasteiger partial charge is 0.394 e. The monoisotopic (exact) mass is 608 g/mol. The number of hydrogen-bond acceptors (Lipinski definition) is 15. The summed E-state index contributed by atoms with van der Waals surface area (Å²) in [5, 5.41) is 11.9. The fourth-order valence-corrected chi connectivity index (χ4v) is 6.40. The van der Waals surface area contributed by atoms with Gasteiger partial charge in [-0.05, 0) is 18.8 Å². The second kappa shape index (κ2) is 9.75. The van der Waals surface area contributed by atoms with E-state index in [9.17, 15) is 9.90 Å². The molecular weight excluding hydrogens is 583 g/mol. The van der Waals surface area contributed by atoms with Gasteiger partial charge in [0.1, 0.15) is 12.4 Å². The molecule has 3 aliphatic rings. The topological polar surface area (TPSA) is 216 Å². The zero-order valence-corrected chi connectivity index (χ0v) is 22.8. The summed E-state index contributed by atoms with van der Waals surface area (Å²) in [6.07, 6.45) is -1.16. The van der Waals surface area contributed by atoms with E-state index in [1.807, 2.05) is 0 Å². The van der Waals surface area contributed by atoms with Crippen LogP contribution in [0.2, 0.25) is 0 Å². The van der Waals surface area contributed by atoms with E-state index in [1.165, 1.54) is 21.7 Å². The van der Waals surface area contributed by atoms with Crippen molar-refractivity contribution in [2.24, 2.45) is 5.92 Å². The first-order valence-electron chi connectivity index (χ1n) is 12.6. The highest BCUT2D eigenvalue weighted by molar-refractivity contribution is 7.85. The summed E-state index contributed by atoms with van der Waals surface area (Å²) in [6.45, 7) is -0.245. The molecule has 0 aromatic carbocycles. The van der Waals surface area contributed by atoms with Crippen LogP contribution in [0.15, 0.2) is 23.6 Å². The van der Waals surface area contributed by atoms with E-state index in [1.54, 1.807) is 6.20 Å². The number of fused-ring (bicyclic) bond motifs is 4. The molecule has 0 radical (unpaired) electrons. The third-order valence-electron chi connectivity index (χ3n) is 7.66. The van der Waals surface area contributed by atoms with Crippen molar-refractivity contribution < 1.29 is 28.4 Å². The molecule has 41 heavy (non-hydrogen) atoms. The van der Waals surface area contributed by atoms with Gasteiger partial charge in [0.15, 0.2) is 35.5 Å². The maximum atomic E-state index is 15.3. The summed E-state index contributed by atoms with van der Waals surface area (Å²) in [4.78, 5) is 31.0. The van der Waals surface area contributed by atoms with Gasteiger partial charge in [-0.25, -0.2) is 19.3 Å². The Morgan fingerprint density at radius 3 is 2.88 bits per heavy atom. The number of rotatable bonds is 6. The Labute approximate surface area is 240 Å². The lowest BCUT2D eigenvalue weighted by atomic mass is 9.92. The van der Waals surface area contributed by atoms with E-state index in [0.717, 1.165) is 0 Å². The number of nitrogens with two attached hydrogens (primary N) is 2. The lowest BCUT2D eigenvalue weighted by molar-refractivity contribution is -0.294. The summed E-state index contributed by atoms with van der Waals surface area (Å²) in [5.74, 6) is -0.148. The highest BCUT2D eigenvalue weighted by Gasteiger charge is 2.60. The quantitative estimate of drug-likeness (QED) is 0.156. The van der Waals surface area contributed by atoms with Gasteiger partial charge in [0.25, 0.3) is 5.56 Å². The van der Waals surface area contributed by atoms with Crippen LogP contribution < -0.4 is 17.0 Å². The number of thiol groups is 2. The molecule has 16 nitrogen and oxygen atoms in total. The molecule has 19 heteroatoms. The van der Waals surface area contributed by atoms with Crippen molar-refractivity contribution >= 4 is 54.0 Å². The highest BCUT2D eigenvalue weighted by atomic mass is 32.1. The maximum absolute atomic E-state index is 15.3. The first-order valence-corrected chi connectivity index (χ1v) is 13.6. The minimum Gasteiger partial charge on any atom is -0.394 e. The molecule has 0 spiro atoms. The van der Waals surface area contributed by atoms with Gasteiger partial charge in [-0.15, -0.1) is 12.6 Å². The van der Waals surface area contributed by atoms with Gasteiger partial charge >= 0.3 is 0 Å². The van der Waals surface area contributed by atoms with Crippen LogP contribution >= 0.6 is 25.3 Å². The van der Waals surface area contributed by atoms with Gasteiger partial charge in [-0.2, -0.15) is 27.2 Å². The molecule has 3 fully saturated rings. The van der Waals surface area contributed by atoms with Crippen molar-refractivity contribution in [3.05, 3.63) is 34.8 Å². The molecule has 0 aliphatic carbocycles. The number of nitrogens with one attached hydrogen (secondary N) is 1. The van der Waals surface area contributed by atoms with Crippen molar-refractivity contribution in [3.8, 4) is 0 Å². The van der Waals surface area contributed by atoms with Crippen molar-refractivity contribution in [3.63, 3.8) is 0 Å². The van der Waals surface area contributed by atoms with Gasteiger partial charge < -0.3 is 35.5 Å². The highest BCUT2D eigenvalue weighted by Crippen LogP contribution is 2.49. The number of aromatic amines is 1. The lowest BCUT2D eigenvalue weighted by Crippen LogP contribution is -2.53. The molecule has 0 amide bonds. The fraction of sp³-hybridized carbons (Fsp3) is 0.545. The van der Waals surface area contributed by atoms with Crippen LogP contribution in [0.1, 0.15) is 30.7 Å². The van der Waals surface area contributed by atoms with Crippen LogP contribution in [-0.4, -0.2) is 85.9 Å². The number of H-pyrrole nitrogens is 1. The molecule has 7 heterocycles. The summed E-state index contributed by atoms with van der Waals surface area (Å²) >= 11 is 9.36. The van der Waals surface area contributed by atoms with Crippen molar-refractivity contribution in [2.45, 2.75) is 60.2 Å². The number of imidazole rings is 1. The number of aliphatic hydroxyl groups excluding tert-OH is 1. The van der Waals surface area contributed by atoms with Gasteiger partial charge in [0, 0.05) is 5.56 Å². The lowest BCUT2D eigenvalue weighted by Gasteiger charge is -2.41. The Hall–Kier alpha value is -3.07. The number of hydrogen-bond donors (Lipinski definition) is 6. The van der Waals surface area contributed by atoms with Gasteiger partial charge in [-0.3, -0.25) is 14.3 Å². The van der Waals surface area contributed by atoms with E-state index in [-0.39, 0.29) is 35.6 Å². The summed E-state index contributed by atoms with van der Waals surface area (Å²) in [7, 11) is 0. The predicted molar refractivity (Wildman–Crippen MR) is 144 cm³/mol. The Morgan fingerprint density at radius 2 is 2.07 bits per heavy atom. The Kier molecular flexibility index (Phi) is 6.37. The van der Waals surface area contributed by atoms with E-state index < -0.39 is 52.9 Å². The average molecular weight is 609 g/mol. The smallest absolute Gasteiger partial charge is 0.280 e. The number of nitrogen functional groups attached to an aromatic ring is 2. The first kappa shape index (κ1) is 26.8. The minimum absolute atomic E-state index is 0.0102. The zero-order valence-electron chi connectivity index (χ0n) is 21.0. The molecular formula is C22H25FN10O6S2. The van der Waals surface area contributed by atoms with Crippen LogP contribution in [0, 0.1) is 5.92 Å². The average Bonchev–Trinajstić information content (AvgIpc) is 3.69. The third kappa shape index (κ3) is 4.25. The minimum atomic E-state index is -1.67. The van der Waals surface area contributed by atoms with Crippen LogP contribution in [0.25, 0.3) is 16.8 Å². The van der Waals surface area contributed by atoms with Crippen LogP contribution in [-0.2, 0) is 18.9 Å². The number of aliphatic hydroxyl groups is 1. The van der Waals surface area contributed by atoms with Crippen molar-refractivity contribution in [2.75, 3.05) is 18.1 Å². The zero-order chi connectivity index (χ0) is 28.6. The number of ether oxygens (including phenoxy) is 4. The van der Waals surface area contributed by atoms with Crippen molar-refractivity contribution in [1.29, 1.82) is 0 Å². The summed E-state index contributed by atoms with van der Waals surface area (Å²) in [6, 6.07) is 0. The second-order valence-corrected chi connectivity index (χ2v) is 11.4. The molecule has 9 atom stereocenters. The molecule has 6 N–H and O–H groups in total. The van der Waals surface area contributed by atoms with Crippen LogP contribution in [0.5, 0.6) is 0 Å². The number of alkyl halides is 1. The Bertz CT molecular complexity index is 1690. The van der Waals surface area contributed by atoms with E-state index in [4.69, 9.17) is 43.0 Å². The molecule has 218 valence electrons. The Morgan fingerprint density at radius 1 is 1.24 bits per heavy atom. The maximum Gasteiger partial charge on any atom is 0.280 e. The SMILES string of the molecule is Nc1nc2c(ncn2[C@@H]2OC3OC(S)(C(S)C[C@H]4C[C@H](c5cnn6c(N)ncnc56)O[C@@H]4CO)O[C@@H]2[C@@H]3F)c(=O)[nH]1. The fourth-order valence-electron chi connectivity index (χ4n) is 5.67. The molecule has 4 aromatic heterocycles. The number of nitrogens with zero attached hydrogens (tertiary/aromatic N) is 7. The number of halogens is 1. The standard InChI is InChI=1S/C22H25FN10O6S2/c23-12-14-18(32-6-28-13-16(32)30-20(24)31-17(13)35)37-19(12)39-22(41,38-14)11(40)2-7-1-9(36-10(7)4-34)8-3-29-33-15(8)26-5-27-21(33)25/h3,5-7,9-12,14,18-19,34,40-41H,1-2,4H2,(H2,25,26,27)(H3,24,30,31,35)/t7-,9-,10-,11?,12+,14-,18-,19?,22?/m1/s1. The molecule has 4 aromatic rings. The number of aromatic nitrogens is 8. The molecule has 3 aliphatic heterocycles. The molecule has 3 saturated heterocycles. The molecule has 0 saturated carbocycles. The first-order chi connectivity index (χ1) is 19.7. The third-order valence-corrected chi connectivity index (χ3v) is 8.93. The van der Waals surface area contributed by atoms with Crippen molar-refractivity contribution in [1.82, 2.24) is 39.1 Å². The second-order valence-electron chi connectivity index (χ2n) is 10.1. The van der Waals surface area contributed by atoms with Gasteiger partial charge in [-0.1, -0.05) is 0 Å². The van der Waals surface area contributed by atoms with Crippen LogP contribution in [0.4, 0.5) is 16.3 Å². The van der Waals surface area contributed by atoms with Gasteiger partial charge in [0.05, 0.1) is 36.6 Å². The molecule has 7 rings (SSSR count). The summed E-state index contributed by atoms with van der Waals surface area (Å²) in [5.41, 5.74) is 12.4. The normalized spacial score (nSPS) is 34.1. The predicted octanol–water partition coefficient (Wildman–Crippen LogP) is -0.259. The van der Waals surface area contributed by atoms with E-state index in [2.05, 4.69) is 42.6 Å². The molecule has 3 unspecified atom stereocenters. The molecule has 2 bridgehead atoms. The van der Waals surface area contributed by atoms with Crippen LogP contribution in [0.3, 0.4) is 0 Å². The number of anilines is 2. The summed E-state index contributed by atoms with van der Waals surface area (Å²) < 4.78 is 41.9. The van der Waals surface area contributed by atoms with E-state index >= 15 is 4.39 Å².